The van der Waals surface area contributed by atoms with Gasteiger partial charge in [0.1, 0.15) is 0 Å². The lowest BCUT2D eigenvalue weighted by atomic mass is 9.97. The number of hydrogen-bond donors (Lipinski definition) is 1. The monoisotopic (exact) mass is 293 g/mol. The second-order valence-electron chi connectivity index (χ2n) is 4.96. The lowest BCUT2D eigenvalue weighted by Crippen LogP contribution is -2.22. The van der Waals surface area contributed by atoms with Crippen LogP contribution in [0.15, 0.2) is 24.3 Å². The minimum atomic E-state index is 0.237. The van der Waals surface area contributed by atoms with Crippen molar-refractivity contribution in [3.8, 4) is 0 Å². The zero-order chi connectivity index (χ0) is 14.0. The summed E-state index contributed by atoms with van der Waals surface area (Å²) in [4.78, 5) is 1.29. The summed E-state index contributed by atoms with van der Waals surface area (Å²) in [5, 5.41) is 3.58. The molecule has 0 fully saturated rings. The van der Waals surface area contributed by atoms with Crippen molar-refractivity contribution in [2.24, 2.45) is 0 Å². The van der Waals surface area contributed by atoms with Crippen molar-refractivity contribution in [3.63, 3.8) is 0 Å². The summed E-state index contributed by atoms with van der Waals surface area (Å²) in [5.41, 5.74) is 5.12. The summed E-state index contributed by atoms with van der Waals surface area (Å²) < 4.78 is 0.892. The molecule has 0 saturated carbocycles. The van der Waals surface area contributed by atoms with Crippen molar-refractivity contribution >= 4 is 22.9 Å². The SMILES string of the molecule is CCNC(c1cc(C)c(Cl)s1)c1cc(C)ccc1C. The van der Waals surface area contributed by atoms with Crippen LogP contribution in [0, 0.1) is 20.8 Å². The molecule has 2 rings (SSSR count). The Morgan fingerprint density at radius 1 is 1.16 bits per heavy atom. The molecule has 1 nitrogen and oxygen atoms in total. The van der Waals surface area contributed by atoms with Gasteiger partial charge in [0, 0.05) is 4.88 Å². The van der Waals surface area contributed by atoms with Gasteiger partial charge in [0.2, 0.25) is 0 Å². The summed E-state index contributed by atoms with van der Waals surface area (Å²) in [7, 11) is 0. The molecule has 3 heteroatoms. The fraction of sp³-hybridized carbons (Fsp3) is 0.375. The van der Waals surface area contributed by atoms with Crippen LogP contribution in [0.5, 0.6) is 0 Å². The first-order valence-electron chi connectivity index (χ1n) is 6.59. The molecule has 0 aliphatic rings. The minimum absolute atomic E-state index is 0.237. The van der Waals surface area contributed by atoms with Gasteiger partial charge in [0.05, 0.1) is 10.4 Å². The van der Waals surface area contributed by atoms with E-state index in [-0.39, 0.29) is 6.04 Å². The molecule has 1 heterocycles. The summed E-state index contributed by atoms with van der Waals surface area (Å²) >= 11 is 7.90. The molecular formula is C16H20ClNS. The van der Waals surface area contributed by atoms with Gasteiger partial charge in [-0.2, -0.15) is 0 Å². The van der Waals surface area contributed by atoms with E-state index < -0.39 is 0 Å². The van der Waals surface area contributed by atoms with Gasteiger partial charge < -0.3 is 5.32 Å². The molecule has 2 aromatic rings. The minimum Gasteiger partial charge on any atom is -0.306 e. The lowest BCUT2D eigenvalue weighted by molar-refractivity contribution is 0.636. The van der Waals surface area contributed by atoms with Gasteiger partial charge in [-0.1, -0.05) is 42.3 Å². The number of thiophene rings is 1. The first-order chi connectivity index (χ1) is 9.02. The van der Waals surface area contributed by atoms with Crippen LogP contribution < -0.4 is 5.32 Å². The zero-order valence-electron chi connectivity index (χ0n) is 11.9. The van der Waals surface area contributed by atoms with Crippen molar-refractivity contribution in [3.05, 3.63) is 55.7 Å². The molecule has 0 bridgehead atoms. The highest BCUT2D eigenvalue weighted by molar-refractivity contribution is 7.16. The topological polar surface area (TPSA) is 12.0 Å². The summed E-state index contributed by atoms with van der Waals surface area (Å²) in [5.74, 6) is 0. The van der Waals surface area contributed by atoms with E-state index in [9.17, 15) is 0 Å². The molecule has 0 saturated heterocycles. The Morgan fingerprint density at radius 2 is 1.89 bits per heavy atom. The quantitative estimate of drug-likeness (QED) is 0.834. The number of aryl methyl sites for hydroxylation is 3. The van der Waals surface area contributed by atoms with Gasteiger partial charge in [-0.15, -0.1) is 11.3 Å². The fourth-order valence-electron chi connectivity index (χ4n) is 2.26. The van der Waals surface area contributed by atoms with Crippen LogP contribution in [0.25, 0.3) is 0 Å². The van der Waals surface area contributed by atoms with Crippen LogP contribution in [0.1, 0.15) is 40.1 Å². The first kappa shape index (κ1) is 14.6. The second kappa shape index (κ2) is 6.08. The molecule has 1 aromatic heterocycles. The van der Waals surface area contributed by atoms with Crippen molar-refractivity contribution in [2.75, 3.05) is 6.54 Å². The molecule has 0 aliphatic carbocycles. The highest BCUT2D eigenvalue weighted by atomic mass is 35.5. The van der Waals surface area contributed by atoms with Gasteiger partial charge in [-0.25, -0.2) is 0 Å². The predicted octanol–water partition coefficient (Wildman–Crippen LogP) is 5.03. The molecule has 1 N–H and O–H groups in total. The number of rotatable bonds is 4. The van der Waals surface area contributed by atoms with Crippen LogP contribution in [0.3, 0.4) is 0 Å². The smallest absolute Gasteiger partial charge is 0.0961 e. The molecule has 102 valence electrons. The average Bonchev–Trinajstić information content (AvgIpc) is 2.70. The Kier molecular flexibility index (Phi) is 4.67. The molecular weight excluding hydrogens is 274 g/mol. The van der Waals surface area contributed by atoms with Gasteiger partial charge in [-0.3, -0.25) is 0 Å². The number of benzene rings is 1. The van der Waals surface area contributed by atoms with E-state index in [1.807, 2.05) is 0 Å². The van der Waals surface area contributed by atoms with Crippen molar-refractivity contribution in [2.45, 2.75) is 33.7 Å². The Balaban J connectivity index is 2.47. The van der Waals surface area contributed by atoms with Crippen molar-refractivity contribution in [1.29, 1.82) is 0 Å². The van der Waals surface area contributed by atoms with E-state index in [4.69, 9.17) is 11.6 Å². The summed E-state index contributed by atoms with van der Waals surface area (Å²) in [6, 6.07) is 9.06. The van der Waals surface area contributed by atoms with Gasteiger partial charge in [-0.05, 0) is 50.1 Å². The molecule has 1 aromatic carbocycles. The van der Waals surface area contributed by atoms with E-state index in [1.165, 1.54) is 21.6 Å². The van der Waals surface area contributed by atoms with Crippen LogP contribution in [-0.2, 0) is 0 Å². The Labute approximate surface area is 124 Å². The molecule has 0 amide bonds. The highest BCUT2D eigenvalue weighted by Gasteiger charge is 2.18. The van der Waals surface area contributed by atoms with Gasteiger partial charge in [0.25, 0.3) is 0 Å². The number of nitrogens with one attached hydrogen (secondary N) is 1. The van der Waals surface area contributed by atoms with Crippen molar-refractivity contribution in [1.82, 2.24) is 5.32 Å². The molecule has 1 unspecified atom stereocenters. The summed E-state index contributed by atoms with van der Waals surface area (Å²) in [6.07, 6.45) is 0. The Hall–Kier alpha value is -0.830. The summed E-state index contributed by atoms with van der Waals surface area (Å²) in [6.45, 7) is 9.45. The third kappa shape index (κ3) is 3.19. The zero-order valence-corrected chi connectivity index (χ0v) is 13.5. The van der Waals surface area contributed by atoms with Crippen LogP contribution in [-0.4, -0.2) is 6.54 Å². The predicted molar refractivity (Wildman–Crippen MR) is 85.5 cm³/mol. The largest absolute Gasteiger partial charge is 0.306 e. The van der Waals surface area contributed by atoms with Crippen LogP contribution in [0.4, 0.5) is 0 Å². The molecule has 0 spiro atoms. The standard InChI is InChI=1S/C16H20ClNS/c1-5-18-15(14-9-12(4)16(17)19-14)13-8-10(2)6-7-11(13)3/h6-9,15,18H,5H2,1-4H3. The van der Waals surface area contributed by atoms with Crippen LogP contribution in [0.2, 0.25) is 4.34 Å². The van der Waals surface area contributed by atoms with E-state index in [0.29, 0.717) is 0 Å². The number of halogens is 1. The third-order valence-corrected chi connectivity index (χ3v) is 4.93. The molecule has 19 heavy (non-hydrogen) atoms. The average molecular weight is 294 g/mol. The van der Waals surface area contributed by atoms with E-state index in [0.717, 1.165) is 16.4 Å². The van der Waals surface area contributed by atoms with Gasteiger partial charge in [0.15, 0.2) is 0 Å². The Morgan fingerprint density at radius 3 is 2.47 bits per heavy atom. The highest BCUT2D eigenvalue weighted by Crippen LogP contribution is 2.35. The number of hydrogen-bond acceptors (Lipinski definition) is 2. The van der Waals surface area contributed by atoms with E-state index in [1.54, 1.807) is 11.3 Å². The van der Waals surface area contributed by atoms with Crippen molar-refractivity contribution < 1.29 is 0 Å². The van der Waals surface area contributed by atoms with Crippen LogP contribution >= 0.6 is 22.9 Å². The van der Waals surface area contributed by atoms with E-state index in [2.05, 4.69) is 57.3 Å². The molecule has 1 atom stereocenters. The molecule has 0 aliphatic heterocycles. The van der Waals surface area contributed by atoms with E-state index >= 15 is 0 Å². The fourth-order valence-corrected chi connectivity index (χ4v) is 3.58. The molecule has 0 radical (unpaired) electrons. The second-order valence-corrected chi connectivity index (χ2v) is 6.64. The Bertz CT molecular complexity index is 555. The lowest BCUT2D eigenvalue weighted by Gasteiger charge is -2.19. The maximum atomic E-state index is 6.22. The maximum absolute atomic E-state index is 6.22. The normalized spacial score (nSPS) is 12.7. The first-order valence-corrected chi connectivity index (χ1v) is 7.78. The van der Waals surface area contributed by atoms with Gasteiger partial charge >= 0.3 is 0 Å². The maximum Gasteiger partial charge on any atom is 0.0961 e. The third-order valence-electron chi connectivity index (χ3n) is 3.31.